The van der Waals surface area contributed by atoms with Crippen molar-refractivity contribution in [3.63, 3.8) is 0 Å². The largest absolute Gasteiger partial charge is 0.467 e. The summed E-state index contributed by atoms with van der Waals surface area (Å²) >= 11 is 3.01. The molecule has 0 aliphatic carbocycles. The first-order valence-corrected chi connectivity index (χ1v) is 5.07. The molecule has 16 heavy (non-hydrogen) atoms. The van der Waals surface area contributed by atoms with Gasteiger partial charge in [-0.05, 0) is 15.9 Å². The number of H-pyrrole nitrogens is 1. The third kappa shape index (κ3) is 2.80. The maximum atomic E-state index is 11.2. The molecule has 1 atom stereocenters. The number of aromatic nitrogens is 2. The van der Waals surface area contributed by atoms with E-state index < -0.39 is 18.6 Å². The standard InChI is InChI=1S/C8H10BrN3O4/c1-16-8(15)4(2-13)12-6-5(9)7(14)11-3-10-6/h3-4,13H,2H2,1H3,(H2,10,11,12,14). The second-order valence-electron chi connectivity index (χ2n) is 2.80. The lowest BCUT2D eigenvalue weighted by Crippen LogP contribution is -2.35. The Morgan fingerprint density at radius 2 is 2.50 bits per heavy atom. The molecule has 0 aliphatic heterocycles. The van der Waals surface area contributed by atoms with Crippen LogP contribution >= 0.6 is 15.9 Å². The van der Waals surface area contributed by atoms with E-state index in [0.717, 1.165) is 0 Å². The molecule has 0 aromatic carbocycles. The first-order valence-electron chi connectivity index (χ1n) is 4.28. The number of hydrogen-bond donors (Lipinski definition) is 3. The van der Waals surface area contributed by atoms with Crippen LogP contribution in [-0.4, -0.2) is 40.8 Å². The normalized spacial score (nSPS) is 11.9. The quantitative estimate of drug-likeness (QED) is 0.645. The van der Waals surface area contributed by atoms with Crippen molar-refractivity contribution in [2.45, 2.75) is 6.04 Å². The molecule has 1 rings (SSSR count). The number of anilines is 1. The molecule has 1 heterocycles. The number of rotatable bonds is 4. The summed E-state index contributed by atoms with van der Waals surface area (Å²) in [4.78, 5) is 28.5. The van der Waals surface area contributed by atoms with Crippen molar-refractivity contribution < 1.29 is 14.6 Å². The van der Waals surface area contributed by atoms with E-state index in [1.165, 1.54) is 13.4 Å². The Balaban J connectivity index is 2.90. The molecule has 8 heteroatoms. The van der Waals surface area contributed by atoms with Gasteiger partial charge in [-0.3, -0.25) is 4.79 Å². The third-order valence-electron chi connectivity index (χ3n) is 1.78. The van der Waals surface area contributed by atoms with Crippen molar-refractivity contribution >= 4 is 27.7 Å². The molecule has 3 N–H and O–H groups in total. The van der Waals surface area contributed by atoms with Gasteiger partial charge in [0.1, 0.15) is 16.3 Å². The zero-order valence-corrected chi connectivity index (χ0v) is 9.94. The van der Waals surface area contributed by atoms with Crippen LogP contribution in [0.25, 0.3) is 0 Å². The Labute approximate surface area is 99.0 Å². The summed E-state index contributed by atoms with van der Waals surface area (Å²) in [6, 6.07) is -0.962. The number of aliphatic hydroxyl groups excluding tert-OH is 1. The minimum Gasteiger partial charge on any atom is -0.467 e. The Morgan fingerprint density at radius 3 is 3.06 bits per heavy atom. The average molecular weight is 292 g/mol. The smallest absolute Gasteiger partial charge is 0.330 e. The van der Waals surface area contributed by atoms with Crippen LogP contribution in [0.4, 0.5) is 5.82 Å². The monoisotopic (exact) mass is 291 g/mol. The SMILES string of the molecule is COC(=O)C(CO)Nc1nc[nH]c(=O)c1Br. The molecular weight excluding hydrogens is 282 g/mol. The van der Waals surface area contributed by atoms with Crippen molar-refractivity contribution in [3.05, 3.63) is 21.2 Å². The number of halogens is 1. The van der Waals surface area contributed by atoms with Crippen LogP contribution in [-0.2, 0) is 9.53 Å². The van der Waals surface area contributed by atoms with Gasteiger partial charge in [0.15, 0.2) is 0 Å². The summed E-state index contributed by atoms with van der Waals surface area (Å²) < 4.78 is 4.61. The van der Waals surface area contributed by atoms with Gasteiger partial charge in [0.25, 0.3) is 5.56 Å². The van der Waals surface area contributed by atoms with Crippen molar-refractivity contribution in [1.82, 2.24) is 9.97 Å². The maximum Gasteiger partial charge on any atom is 0.330 e. The van der Waals surface area contributed by atoms with Crippen molar-refractivity contribution in [2.75, 3.05) is 19.0 Å². The summed E-state index contributed by atoms with van der Waals surface area (Å²) in [5.41, 5.74) is -0.390. The van der Waals surface area contributed by atoms with Crippen molar-refractivity contribution in [1.29, 1.82) is 0 Å². The Bertz CT molecular complexity index is 434. The maximum absolute atomic E-state index is 11.2. The van der Waals surface area contributed by atoms with Gasteiger partial charge >= 0.3 is 5.97 Å². The van der Waals surface area contributed by atoms with Crippen LogP contribution in [0.15, 0.2) is 15.6 Å². The van der Waals surface area contributed by atoms with Crippen LogP contribution in [0, 0.1) is 0 Å². The lowest BCUT2D eigenvalue weighted by atomic mass is 10.3. The lowest BCUT2D eigenvalue weighted by molar-refractivity contribution is -0.142. The van der Waals surface area contributed by atoms with Gasteiger partial charge < -0.3 is 20.1 Å². The predicted molar refractivity (Wildman–Crippen MR) is 59.1 cm³/mol. The summed E-state index contributed by atoms with van der Waals surface area (Å²) in [5, 5.41) is 11.5. The van der Waals surface area contributed by atoms with E-state index in [0.29, 0.717) is 0 Å². The molecule has 0 spiro atoms. The molecule has 0 saturated carbocycles. The molecule has 0 radical (unpaired) electrons. The van der Waals surface area contributed by atoms with E-state index in [9.17, 15) is 9.59 Å². The highest BCUT2D eigenvalue weighted by molar-refractivity contribution is 9.10. The molecule has 0 bridgehead atoms. The van der Waals surface area contributed by atoms with E-state index in [2.05, 4.69) is 36.0 Å². The number of esters is 1. The predicted octanol–water partition coefficient (Wildman–Crippen LogP) is -0.522. The Morgan fingerprint density at radius 1 is 1.81 bits per heavy atom. The molecule has 1 aromatic rings. The molecule has 0 amide bonds. The lowest BCUT2D eigenvalue weighted by Gasteiger charge is -2.14. The fraction of sp³-hybridized carbons (Fsp3) is 0.375. The topological polar surface area (TPSA) is 104 Å². The van der Waals surface area contributed by atoms with E-state index in [1.54, 1.807) is 0 Å². The summed E-state index contributed by atoms with van der Waals surface area (Å²) in [5.74, 6) is -0.482. The summed E-state index contributed by atoms with van der Waals surface area (Å²) in [6.45, 7) is -0.465. The van der Waals surface area contributed by atoms with Gasteiger partial charge in [-0.1, -0.05) is 0 Å². The number of methoxy groups -OCH3 is 1. The molecule has 7 nitrogen and oxygen atoms in total. The fourth-order valence-corrected chi connectivity index (χ4v) is 1.30. The van der Waals surface area contributed by atoms with E-state index in [-0.39, 0.29) is 15.8 Å². The van der Waals surface area contributed by atoms with Crippen LogP contribution in [0.5, 0.6) is 0 Å². The number of aliphatic hydroxyl groups is 1. The highest BCUT2D eigenvalue weighted by Crippen LogP contribution is 2.14. The minimum atomic E-state index is -0.962. The first kappa shape index (κ1) is 12.7. The molecule has 88 valence electrons. The van der Waals surface area contributed by atoms with Crippen molar-refractivity contribution in [3.8, 4) is 0 Å². The second kappa shape index (κ2) is 5.61. The highest BCUT2D eigenvalue weighted by atomic mass is 79.9. The van der Waals surface area contributed by atoms with Gasteiger partial charge in [0.05, 0.1) is 20.0 Å². The van der Waals surface area contributed by atoms with Gasteiger partial charge in [-0.2, -0.15) is 0 Å². The van der Waals surface area contributed by atoms with Crippen LogP contribution in [0.3, 0.4) is 0 Å². The van der Waals surface area contributed by atoms with Crippen LogP contribution in [0.1, 0.15) is 0 Å². The summed E-state index contributed by atoms with van der Waals surface area (Å²) in [7, 11) is 1.20. The number of aromatic amines is 1. The van der Waals surface area contributed by atoms with Gasteiger partial charge in [0.2, 0.25) is 0 Å². The number of nitrogens with zero attached hydrogens (tertiary/aromatic N) is 1. The van der Waals surface area contributed by atoms with E-state index >= 15 is 0 Å². The Hall–Kier alpha value is -1.41. The fourth-order valence-electron chi connectivity index (χ4n) is 0.970. The minimum absolute atomic E-state index is 0.150. The molecule has 1 aromatic heterocycles. The van der Waals surface area contributed by atoms with Gasteiger partial charge in [-0.15, -0.1) is 0 Å². The zero-order valence-electron chi connectivity index (χ0n) is 8.36. The molecule has 0 aliphatic rings. The molecular formula is C8H10BrN3O4. The van der Waals surface area contributed by atoms with Crippen LogP contribution in [0.2, 0.25) is 0 Å². The molecule has 0 saturated heterocycles. The number of hydrogen-bond acceptors (Lipinski definition) is 6. The highest BCUT2D eigenvalue weighted by Gasteiger charge is 2.19. The van der Waals surface area contributed by atoms with Crippen molar-refractivity contribution in [2.24, 2.45) is 0 Å². The molecule has 1 unspecified atom stereocenters. The molecule has 0 fully saturated rings. The van der Waals surface area contributed by atoms with E-state index in [1.807, 2.05) is 0 Å². The zero-order chi connectivity index (χ0) is 12.1. The number of ether oxygens (including phenoxy) is 1. The van der Waals surface area contributed by atoms with Gasteiger partial charge in [-0.25, -0.2) is 9.78 Å². The van der Waals surface area contributed by atoms with Crippen LogP contribution < -0.4 is 10.9 Å². The van der Waals surface area contributed by atoms with E-state index in [4.69, 9.17) is 5.11 Å². The summed E-state index contributed by atoms with van der Waals surface area (Å²) in [6.07, 6.45) is 1.18. The Kier molecular flexibility index (Phi) is 4.44. The number of carbonyl (C=O) groups is 1. The second-order valence-corrected chi connectivity index (χ2v) is 3.59. The average Bonchev–Trinajstić information content (AvgIpc) is 2.30. The number of nitrogens with one attached hydrogen (secondary N) is 2. The third-order valence-corrected chi connectivity index (χ3v) is 2.51. The van der Waals surface area contributed by atoms with Gasteiger partial charge in [0, 0.05) is 0 Å². The first-order chi connectivity index (χ1) is 7.60. The number of carbonyl (C=O) groups excluding carboxylic acids is 1.